The van der Waals surface area contributed by atoms with E-state index in [0.717, 1.165) is 73.3 Å². The van der Waals surface area contributed by atoms with Gasteiger partial charge in [0.05, 0.1) is 25.3 Å². The molecular weight excluding hydrogens is 779 g/mol. The Labute approximate surface area is 358 Å². The zero-order chi connectivity index (χ0) is 42.2. The Balaban J connectivity index is 1.30. The van der Waals surface area contributed by atoms with Crippen molar-refractivity contribution in [1.82, 2.24) is 9.80 Å². The molecule has 6 atom stereocenters. The third-order valence-electron chi connectivity index (χ3n) is 12.7. The molecule has 326 valence electrons. The van der Waals surface area contributed by atoms with Crippen LogP contribution in [0.1, 0.15) is 67.6 Å². The summed E-state index contributed by atoms with van der Waals surface area (Å²) >= 11 is 0. The molecule has 2 N–H and O–H groups in total. The first-order valence-electron chi connectivity index (χ1n) is 21.8. The molecule has 61 heavy (non-hydrogen) atoms. The number of ether oxygens (including phenoxy) is 6. The molecule has 3 aromatic carbocycles. The first-order valence-corrected chi connectivity index (χ1v) is 21.8. The van der Waals surface area contributed by atoms with Gasteiger partial charge in [-0.15, -0.1) is 6.58 Å². The normalized spacial score (nSPS) is 25.1. The molecule has 0 bridgehead atoms. The number of allylic oxidation sites excluding steroid dienone is 1. The summed E-state index contributed by atoms with van der Waals surface area (Å²) in [7, 11) is 1.38. The molecule has 1 saturated heterocycles. The fraction of sp³-hybridized carbons (Fsp3) is 0.500. The minimum absolute atomic E-state index is 0.0758. The van der Waals surface area contributed by atoms with Crippen molar-refractivity contribution < 1.29 is 48.3 Å². The zero-order valence-corrected chi connectivity index (χ0v) is 35.1. The predicted octanol–water partition coefficient (Wildman–Crippen LogP) is 7.21. The van der Waals surface area contributed by atoms with Crippen LogP contribution in [0, 0.1) is 17.8 Å². The van der Waals surface area contributed by atoms with Gasteiger partial charge < -0.3 is 43.5 Å². The highest BCUT2D eigenvalue weighted by Gasteiger charge is 2.65. The Bertz CT molecular complexity index is 2040. The van der Waals surface area contributed by atoms with Gasteiger partial charge in [0.1, 0.15) is 30.8 Å². The van der Waals surface area contributed by atoms with Crippen LogP contribution in [0.2, 0.25) is 0 Å². The molecule has 3 aliphatic heterocycles. The Kier molecular flexibility index (Phi) is 13.8. The van der Waals surface area contributed by atoms with Crippen molar-refractivity contribution in [3.63, 3.8) is 0 Å². The summed E-state index contributed by atoms with van der Waals surface area (Å²) in [6.07, 6.45) is 8.41. The fourth-order valence-electron chi connectivity index (χ4n) is 9.74. The maximum absolute atomic E-state index is 14.3. The van der Waals surface area contributed by atoms with Crippen molar-refractivity contribution in [2.75, 3.05) is 60.0 Å². The molecule has 0 spiro atoms. The molecule has 0 radical (unpaired) electrons. The van der Waals surface area contributed by atoms with Crippen LogP contribution in [-0.4, -0.2) is 104 Å². The summed E-state index contributed by atoms with van der Waals surface area (Å²) in [6.45, 7) is 8.55. The number of nitrogens with zero attached hydrogens (tertiary/aromatic N) is 3. The molecule has 0 aromatic heterocycles. The molecule has 1 amide bonds. The number of carbonyl (C=O) groups excluding carboxylic acids is 1. The van der Waals surface area contributed by atoms with Crippen molar-refractivity contribution in [3.05, 3.63) is 108 Å². The molecule has 13 nitrogen and oxygen atoms in total. The van der Waals surface area contributed by atoms with Gasteiger partial charge in [-0.1, -0.05) is 66.5 Å². The highest BCUT2D eigenvalue weighted by Crippen LogP contribution is 2.62. The minimum atomic E-state index is -1.44. The molecule has 2 aliphatic carbocycles. The molecule has 13 heteroatoms. The smallest absolute Gasteiger partial charge is 0.410 e. The number of aliphatic hydroxyl groups is 2. The van der Waals surface area contributed by atoms with Crippen molar-refractivity contribution in [2.45, 2.75) is 75.8 Å². The minimum Gasteiger partial charge on any atom is -0.492 e. The lowest BCUT2D eigenvalue weighted by Gasteiger charge is -2.59. The number of hydrogen-bond acceptors (Lipinski definition) is 12. The summed E-state index contributed by atoms with van der Waals surface area (Å²) in [5, 5.41) is 24.8. The average Bonchev–Trinajstić information content (AvgIpc) is 3.99. The zero-order valence-electron chi connectivity index (χ0n) is 35.1. The summed E-state index contributed by atoms with van der Waals surface area (Å²) < 4.78 is 37.8. The molecule has 1 saturated carbocycles. The molecule has 2 fully saturated rings. The number of rotatable bonds is 21. The second-order valence-corrected chi connectivity index (χ2v) is 16.5. The van der Waals surface area contributed by atoms with E-state index in [0.29, 0.717) is 42.4 Å². The Hall–Kier alpha value is -5.08. The molecule has 3 heterocycles. The van der Waals surface area contributed by atoms with Crippen LogP contribution >= 0.6 is 0 Å². The van der Waals surface area contributed by atoms with Gasteiger partial charge in [-0.25, -0.2) is 4.79 Å². The van der Waals surface area contributed by atoms with E-state index in [1.807, 2.05) is 60.7 Å². The van der Waals surface area contributed by atoms with E-state index in [-0.39, 0.29) is 63.9 Å². The third kappa shape index (κ3) is 9.40. The highest BCUT2D eigenvalue weighted by molar-refractivity contribution is 6.03. The number of fused-ring (bicyclic) bond motifs is 3. The van der Waals surface area contributed by atoms with Gasteiger partial charge in [0.15, 0.2) is 11.5 Å². The number of aliphatic hydroxyl groups excluding tert-OH is 2. The Morgan fingerprint density at radius 2 is 1.75 bits per heavy atom. The number of benzene rings is 3. The molecule has 5 aliphatic rings. The van der Waals surface area contributed by atoms with Crippen molar-refractivity contribution in [2.24, 2.45) is 22.9 Å². The van der Waals surface area contributed by atoms with E-state index >= 15 is 0 Å². The van der Waals surface area contributed by atoms with Gasteiger partial charge in [-0.05, 0) is 84.6 Å². The van der Waals surface area contributed by atoms with Crippen LogP contribution in [0.4, 0.5) is 4.79 Å². The van der Waals surface area contributed by atoms with E-state index in [9.17, 15) is 15.0 Å². The van der Waals surface area contributed by atoms with E-state index in [2.05, 4.69) is 23.6 Å². The number of unbranched alkanes of at least 4 members (excludes halogenated alkanes) is 2. The first-order chi connectivity index (χ1) is 30.0. The van der Waals surface area contributed by atoms with Gasteiger partial charge in [-0.2, -0.15) is 0 Å². The second kappa shape index (κ2) is 19.7. The standard InChI is InChI=1S/C48H59N3O10/c1-3-24-59-48-44(51(47(54)55-2)30-34-15-17-42-43(26-34)58-32-57-42)29-40(49-60-31-33-11-5-4-6-12-33)38-27-35(13-7-9-22-52)37(14-8-10-23-53)45(46(38)48)39-28-36(16-18-41(39)61-48)56-25-21-50-19-20-50/h3-6,11-12,15-18,26-28,35,37,44-46,52-53H,1,7-10,13-14,19-25,29-32H2,2H3. The highest BCUT2D eigenvalue weighted by atomic mass is 16.7. The number of carbonyl (C=O) groups is 1. The first kappa shape index (κ1) is 42.6. The predicted molar refractivity (Wildman–Crippen MR) is 229 cm³/mol. The van der Waals surface area contributed by atoms with Gasteiger partial charge in [0.2, 0.25) is 12.6 Å². The van der Waals surface area contributed by atoms with Gasteiger partial charge in [0, 0.05) is 57.3 Å². The number of methoxy groups -OCH3 is 1. The van der Waals surface area contributed by atoms with E-state index in [1.165, 1.54) is 7.11 Å². The van der Waals surface area contributed by atoms with Crippen LogP contribution in [0.3, 0.4) is 0 Å². The SMILES string of the molecule is C=CCOC12Oc3ccc(OCCN4CC4)cc3C3C(CCCCO)C(CCCCO)C=C(C(=NOCc4ccccc4)CC1N(Cc1ccc4c(c1)OCO4)C(=O)OC)C32. The Morgan fingerprint density at radius 1 is 0.967 bits per heavy atom. The summed E-state index contributed by atoms with van der Waals surface area (Å²) in [4.78, 5) is 24.6. The van der Waals surface area contributed by atoms with Crippen LogP contribution in [0.25, 0.3) is 0 Å². The third-order valence-corrected chi connectivity index (χ3v) is 12.7. The largest absolute Gasteiger partial charge is 0.492 e. The summed E-state index contributed by atoms with van der Waals surface area (Å²) in [6, 6.07) is 20.9. The van der Waals surface area contributed by atoms with Crippen LogP contribution in [0.15, 0.2) is 96.2 Å². The van der Waals surface area contributed by atoms with Gasteiger partial charge in [0.25, 0.3) is 0 Å². The van der Waals surface area contributed by atoms with Gasteiger partial charge in [-0.3, -0.25) is 9.80 Å². The topological polar surface area (TPSA) is 141 Å². The lowest BCUT2D eigenvalue weighted by Crippen LogP contribution is -2.70. The molecule has 8 rings (SSSR count). The number of oxime groups is 1. The van der Waals surface area contributed by atoms with Crippen molar-refractivity contribution in [3.8, 4) is 23.0 Å². The second-order valence-electron chi connectivity index (χ2n) is 16.5. The monoisotopic (exact) mass is 837 g/mol. The lowest BCUT2D eigenvalue weighted by atomic mass is 9.55. The quantitative estimate of drug-likeness (QED) is 0.0487. The van der Waals surface area contributed by atoms with Gasteiger partial charge >= 0.3 is 6.09 Å². The van der Waals surface area contributed by atoms with Crippen LogP contribution in [0.5, 0.6) is 23.0 Å². The fourth-order valence-corrected chi connectivity index (χ4v) is 9.74. The maximum Gasteiger partial charge on any atom is 0.410 e. The molecule has 3 aromatic rings. The summed E-state index contributed by atoms with van der Waals surface area (Å²) in [5.74, 6) is 0.741. The van der Waals surface area contributed by atoms with E-state index < -0.39 is 23.8 Å². The summed E-state index contributed by atoms with van der Waals surface area (Å²) in [5.41, 5.74) is 4.44. The van der Waals surface area contributed by atoms with E-state index in [4.69, 9.17) is 38.4 Å². The average molecular weight is 838 g/mol. The van der Waals surface area contributed by atoms with Crippen LogP contribution < -0.4 is 18.9 Å². The van der Waals surface area contributed by atoms with Crippen LogP contribution in [-0.2, 0) is 27.5 Å². The molecule has 6 unspecified atom stereocenters. The van der Waals surface area contributed by atoms with Crippen molar-refractivity contribution in [1.29, 1.82) is 0 Å². The number of amides is 1. The Morgan fingerprint density at radius 3 is 2.52 bits per heavy atom. The molecular formula is C48H59N3O10. The number of hydrogen-bond donors (Lipinski definition) is 2. The van der Waals surface area contributed by atoms with E-state index in [1.54, 1.807) is 11.0 Å². The maximum atomic E-state index is 14.3. The lowest BCUT2D eigenvalue weighted by molar-refractivity contribution is -0.256. The van der Waals surface area contributed by atoms with Crippen molar-refractivity contribution >= 4 is 11.8 Å².